The first kappa shape index (κ1) is 24.4. The first-order valence-corrected chi connectivity index (χ1v) is 12.3. The molecule has 9 heteroatoms. The lowest BCUT2D eigenvalue weighted by molar-refractivity contribution is -0.139. The molecule has 4 aromatic rings. The van der Waals surface area contributed by atoms with E-state index >= 15 is 4.39 Å². The van der Waals surface area contributed by atoms with Crippen LogP contribution in [0.3, 0.4) is 0 Å². The first-order valence-electron chi connectivity index (χ1n) is 10.9. The standard InChI is InChI=1S/C26H25FN2O5S/c1-33-25(30)13-18-5-2-3-8-24(18)34-15-17-11-22(21-7-4-6-19(14-28)26(21)27)20-9-10-29(16-35(31)32)23(20)12-17/h2-12,35H,13-16,28H2,1H3. The van der Waals surface area contributed by atoms with Crippen LogP contribution in [0.15, 0.2) is 66.9 Å². The molecule has 0 aliphatic heterocycles. The van der Waals surface area contributed by atoms with E-state index in [1.54, 1.807) is 59.3 Å². The van der Waals surface area contributed by atoms with Crippen molar-refractivity contribution in [2.45, 2.75) is 25.4 Å². The lowest BCUT2D eigenvalue weighted by Crippen LogP contribution is -2.07. The lowest BCUT2D eigenvalue weighted by Gasteiger charge is -2.14. The number of methoxy groups -OCH3 is 1. The van der Waals surface area contributed by atoms with Crippen LogP contribution in [-0.4, -0.2) is 26.1 Å². The van der Waals surface area contributed by atoms with Gasteiger partial charge in [0, 0.05) is 40.3 Å². The van der Waals surface area contributed by atoms with Crippen LogP contribution in [0.5, 0.6) is 5.75 Å². The van der Waals surface area contributed by atoms with Crippen molar-refractivity contribution in [1.82, 2.24) is 4.57 Å². The Kier molecular flexibility index (Phi) is 7.48. The number of fused-ring (bicyclic) bond motifs is 1. The number of thiol groups is 1. The van der Waals surface area contributed by atoms with Crippen LogP contribution in [0, 0.1) is 5.82 Å². The number of benzene rings is 3. The van der Waals surface area contributed by atoms with Gasteiger partial charge in [0.1, 0.15) is 24.1 Å². The van der Waals surface area contributed by atoms with Gasteiger partial charge in [0.25, 0.3) is 0 Å². The molecule has 182 valence electrons. The lowest BCUT2D eigenvalue weighted by atomic mass is 9.97. The number of carbonyl (C=O) groups excluding carboxylic acids is 1. The van der Waals surface area contributed by atoms with Gasteiger partial charge in [-0.25, -0.2) is 12.8 Å². The third-order valence-corrected chi connectivity index (χ3v) is 6.27. The summed E-state index contributed by atoms with van der Waals surface area (Å²) in [7, 11) is -1.35. The van der Waals surface area contributed by atoms with E-state index in [-0.39, 0.29) is 31.4 Å². The van der Waals surface area contributed by atoms with Crippen molar-refractivity contribution in [3.05, 3.63) is 89.4 Å². The Labute approximate surface area is 203 Å². The number of nitrogens with zero attached hydrogens (tertiary/aromatic N) is 1. The monoisotopic (exact) mass is 496 g/mol. The number of aromatic nitrogens is 1. The summed E-state index contributed by atoms with van der Waals surface area (Å²) in [5.74, 6) is -0.477. The largest absolute Gasteiger partial charge is 0.489 e. The molecule has 1 heterocycles. The van der Waals surface area contributed by atoms with Crippen molar-refractivity contribution < 1.29 is 27.1 Å². The van der Waals surface area contributed by atoms with E-state index in [9.17, 15) is 13.2 Å². The Hall–Kier alpha value is -3.69. The maximum Gasteiger partial charge on any atom is 0.310 e. The van der Waals surface area contributed by atoms with Gasteiger partial charge in [-0.1, -0.05) is 36.4 Å². The van der Waals surface area contributed by atoms with E-state index in [1.165, 1.54) is 7.11 Å². The molecule has 0 atom stereocenters. The van der Waals surface area contributed by atoms with Crippen LogP contribution in [0.1, 0.15) is 16.7 Å². The van der Waals surface area contributed by atoms with Crippen LogP contribution < -0.4 is 10.5 Å². The van der Waals surface area contributed by atoms with Crippen LogP contribution in [0.2, 0.25) is 0 Å². The Balaban J connectivity index is 1.77. The molecule has 0 saturated carbocycles. The molecule has 4 rings (SSSR count). The molecule has 0 amide bonds. The highest BCUT2D eigenvalue weighted by atomic mass is 32.2. The van der Waals surface area contributed by atoms with Gasteiger partial charge in [-0.05, 0) is 35.4 Å². The van der Waals surface area contributed by atoms with Gasteiger partial charge in [0.2, 0.25) is 0 Å². The Bertz CT molecular complexity index is 1450. The van der Waals surface area contributed by atoms with Crippen LogP contribution >= 0.6 is 0 Å². The van der Waals surface area contributed by atoms with E-state index in [0.717, 1.165) is 0 Å². The molecule has 0 fully saturated rings. The van der Waals surface area contributed by atoms with Gasteiger partial charge in [-0.2, -0.15) is 0 Å². The molecular formula is C26H25FN2O5S. The van der Waals surface area contributed by atoms with E-state index < -0.39 is 16.5 Å². The van der Waals surface area contributed by atoms with E-state index in [2.05, 4.69) is 0 Å². The fraction of sp³-hybridized carbons (Fsp3) is 0.192. The summed E-state index contributed by atoms with van der Waals surface area (Å²) in [4.78, 5) is 11.8. The van der Waals surface area contributed by atoms with Crippen molar-refractivity contribution in [2.24, 2.45) is 5.73 Å². The third-order valence-electron chi connectivity index (χ3n) is 5.73. The SMILES string of the molecule is COC(=O)Cc1ccccc1OCc1cc(-c2cccc(CN)c2F)c2ccn(C[SH](=O)=O)c2c1. The van der Waals surface area contributed by atoms with Crippen molar-refractivity contribution in [2.75, 3.05) is 7.11 Å². The zero-order valence-corrected chi connectivity index (χ0v) is 20.0. The topological polar surface area (TPSA) is 101 Å². The van der Waals surface area contributed by atoms with Gasteiger partial charge in [-0.3, -0.25) is 4.79 Å². The van der Waals surface area contributed by atoms with Gasteiger partial charge in [0.05, 0.1) is 13.5 Å². The predicted octanol–water partition coefficient (Wildman–Crippen LogP) is 3.77. The number of carbonyl (C=O) groups is 1. The van der Waals surface area contributed by atoms with Gasteiger partial charge < -0.3 is 19.8 Å². The number of rotatable bonds is 9. The number of hydrogen-bond acceptors (Lipinski definition) is 6. The van der Waals surface area contributed by atoms with Crippen molar-refractivity contribution >= 4 is 27.6 Å². The van der Waals surface area contributed by atoms with Gasteiger partial charge in [-0.15, -0.1) is 0 Å². The summed E-state index contributed by atoms with van der Waals surface area (Å²) in [5.41, 5.74) is 9.09. The highest BCUT2D eigenvalue weighted by molar-refractivity contribution is 7.71. The van der Waals surface area contributed by atoms with Crippen molar-refractivity contribution in [3.8, 4) is 16.9 Å². The molecule has 7 nitrogen and oxygen atoms in total. The smallest absolute Gasteiger partial charge is 0.310 e. The summed E-state index contributed by atoms with van der Waals surface area (Å²) in [6, 6.07) is 17.6. The maximum atomic E-state index is 15.2. The molecule has 0 spiro atoms. The zero-order chi connectivity index (χ0) is 24.9. The highest BCUT2D eigenvalue weighted by Gasteiger charge is 2.16. The summed E-state index contributed by atoms with van der Waals surface area (Å²) >= 11 is 0. The van der Waals surface area contributed by atoms with E-state index in [4.69, 9.17) is 15.2 Å². The number of halogens is 1. The normalized spacial score (nSPS) is 11.2. The fourth-order valence-corrected chi connectivity index (χ4v) is 4.53. The van der Waals surface area contributed by atoms with Gasteiger partial charge >= 0.3 is 5.97 Å². The Morgan fingerprint density at radius 2 is 1.80 bits per heavy atom. The summed E-state index contributed by atoms with van der Waals surface area (Å²) < 4.78 is 50.5. The Morgan fingerprint density at radius 1 is 1.03 bits per heavy atom. The van der Waals surface area contributed by atoms with E-state index in [1.807, 2.05) is 12.1 Å². The zero-order valence-electron chi connectivity index (χ0n) is 19.1. The first-order chi connectivity index (χ1) is 16.9. The van der Waals surface area contributed by atoms with E-state index in [0.29, 0.717) is 44.5 Å². The van der Waals surface area contributed by atoms with Gasteiger partial charge in [0.15, 0.2) is 10.7 Å². The van der Waals surface area contributed by atoms with Crippen LogP contribution in [0.4, 0.5) is 4.39 Å². The molecule has 0 aliphatic carbocycles. The Morgan fingerprint density at radius 3 is 2.54 bits per heavy atom. The number of para-hydroxylation sites is 1. The molecule has 0 saturated heterocycles. The molecule has 2 N–H and O–H groups in total. The molecule has 35 heavy (non-hydrogen) atoms. The summed E-state index contributed by atoms with van der Waals surface area (Å²) in [5, 5.41) is 0.713. The van der Waals surface area contributed by atoms with Crippen LogP contribution in [-0.2, 0) is 45.7 Å². The minimum Gasteiger partial charge on any atom is -0.489 e. The summed E-state index contributed by atoms with van der Waals surface area (Å²) in [6.07, 6.45) is 1.73. The second kappa shape index (κ2) is 10.7. The second-order valence-corrected chi connectivity index (χ2v) is 8.92. The number of hydrogen-bond donors (Lipinski definition) is 2. The number of nitrogens with two attached hydrogens (primary N) is 1. The summed E-state index contributed by atoms with van der Waals surface area (Å²) in [6.45, 7) is 0.175. The molecule has 0 unspecified atom stereocenters. The predicted molar refractivity (Wildman–Crippen MR) is 132 cm³/mol. The molecule has 0 aliphatic rings. The molecular weight excluding hydrogens is 471 g/mol. The van der Waals surface area contributed by atoms with Crippen molar-refractivity contribution in [1.29, 1.82) is 0 Å². The number of esters is 1. The average Bonchev–Trinajstić information content (AvgIpc) is 3.25. The third kappa shape index (κ3) is 5.36. The van der Waals surface area contributed by atoms with Crippen LogP contribution in [0.25, 0.3) is 22.0 Å². The minimum atomic E-state index is -2.67. The molecule has 0 radical (unpaired) electrons. The number of ether oxygens (including phenoxy) is 2. The minimum absolute atomic E-state index is 0.0558. The molecule has 0 bridgehead atoms. The fourth-order valence-electron chi connectivity index (χ4n) is 4.03. The van der Waals surface area contributed by atoms with Crippen molar-refractivity contribution in [3.63, 3.8) is 0 Å². The quantitative estimate of drug-likeness (QED) is 0.270. The molecule has 3 aromatic carbocycles. The highest BCUT2D eigenvalue weighted by Crippen LogP contribution is 2.34. The average molecular weight is 497 g/mol. The maximum absolute atomic E-state index is 15.2. The second-order valence-electron chi connectivity index (χ2n) is 7.97. The molecule has 1 aromatic heterocycles.